The Morgan fingerprint density at radius 1 is 1.23 bits per heavy atom. The smallest absolute Gasteiger partial charge is 0.225 e. The number of carbonyl (C=O) groups is 1. The molecule has 2 heterocycles. The predicted molar refractivity (Wildman–Crippen MR) is 134 cm³/mol. The van der Waals surface area contributed by atoms with Crippen LogP contribution in [0.1, 0.15) is 48.9 Å². The Bertz CT molecular complexity index is 1260. The molecule has 0 spiro atoms. The summed E-state index contributed by atoms with van der Waals surface area (Å²) in [6.07, 6.45) is 3.65. The van der Waals surface area contributed by atoms with Gasteiger partial charge in [0, 0.05) is 50.5 Å². The number of anilines is 1. The van der Waals surface area contributed by atoms with E-state index in [4.69, 9.17) is 9.72 Å². The fourth-order valence-electron chi connectivity index (χ4n) is 4.81. The molecule has 1 atom stereocenters. The lowest BCUT2D eigenvalue weighted by Crippen LogP contribution is -2.54. The van der Waals surface area contributed by atoms with E-state index < -0.39 is 9.84 Å². The summed E-state index contributed by atoms with van der Waals surface area (Å²) < 4.78 is 28.9. The zero-order valence-electron chi connectivity index (χ0n) is 20.7. The van der Waals surface area contributed by atoms with Crippen molar-refractivity contribution in [3.63, 3.8) is 0 Å². The molecule has 9 heteroatoms. The topological polar surface area (TPSA) is 104 Å². The number of rotatable bonds is 7. The minimum absolute atomic E-state index is 0.00524. The molecular formula is C26H32N4O4S. The zero-order chi connectivity index (χ0) is 25.3. The number of aromatic nitrogens is 1. The van der Waals surface area contributed by atoms with Crippen molar-refractivity contribution in [1.29, 1.82) is 5.26 Å². The first-order valence-corrected chi connectivity index (χ1v) is 13.8. The van der Waals surface area contributed by atoms with Crippen LogP contribution in [0.4, 0.5) is 5.82 Å². The quantitative estimate of drug-likeness (QED) is 0.579. The Labute approximate surface area is 207 Å². The Kier molecular flexibility index (Phi) is 7.15. The van der Waals surface area contributed by atoms with Crippen LogP contribution in [-0.4, -0.2) is 69.9 Å². The Morgan fingerprint density at radius 2 is 1.91 bits per heavy atom. The van der Waals surface area contributed by atoms with Crippen LogP contribution in [-0.2, 0) is 19.4 Å². The molecule has 1 saturated heterocycles. The van der Waals surface area contributed by atoms with E-state index in [1.54, 1.807) is 31.4 Å². The van der Waals surface area contributed by atoms with E-state index >= 15 is 0 Å². The maximum Gasteiger partial charge on any atom is 0.225 e. The molecule has 186 valence electrons. The summed E-state index contributed by atoms with van der Waals surface area (Å²) in [4.78, 5) is 21.9. The van der Waals surface area contributed by atoms with E-state index in [1.807, 2.05) is 18.7 Å². The molecule has 0 N–H and O–H groups in total. The summed E-state index contributed by atoms with van der Waals surface area (Å²) in [5.74, 6) is 1.09. The molecule has 1 saturated carbocycles. The lowest BCUT2D eigenvalue weighted by molar-refractivity contribution is -0.134. The van der Waals surface area contributed by atoms with Crippen LogP contribution in [0, 0.1) is 18.3 Å². The van der Waals surface area contributed by atoms with Crippen LogP contribution < -0.4 is 4.90 Å². The van der Waals surface area contributed by atoms with Gasteiger partial charge in [-0.3, -0.25) is 4.79 Å². The number of ether oxygens (including phenoxy) is 1. The van der Waals surface area contributed by atoms with Gasteiger partial charge in [-0.05, 0) is 49.9 Å². The van der Waals surface area contributed by atoms with Gasteiger partial charge in [-0.1, -0.05) is 12.1 Å². The van der Waals surface area contributed by atoms with E-state index in [2.05, 4.69) is 11.0 Å². The largest absolute Gasteiger partial charge is 0.384 e. The van der Waals surface area contributed by atoms with E-state index in [0.717, 1.165) is 35.2 Å². The minimum Gasteiger partial charge on any atom is -0.384 e. The fourth-order valence-corrected chi connectivity index (χ4v) is 5.44. The number of hydrogen-bond acceptors (Lipinski definition) is 7. The lowest BCUT2D eigenvalue weighted by Gasteiger charge is -2.41. The average molecular weight is 497 g/mol. The molecule has 2 fully saturated rings. The van der Waals surface area contributed by atoms with Gasteiger partial charge in [-0.2, -0.15) is 5.26 Å². The Hall–Kier alpha value is -2.96. The van der Waals surface area contributed by atoms with Gasteiger partial charge in [0.05, 0.1) is 29.2 Å². The first-order valence-electron chi connectivity index (χ1n) is 11.9. The summed E-state index contributed by atoms with van der Waals surface area (Å²) in [6, 6.07) is 9.20. The number of carbonyl (C=O) groups excluding carboxylic acids is 1. The minimum atomic E-state index is -3.29. The van der Waals surface area contributed by atoms with Crippen LogP contribution in [0.15, 0.2) is 29.2 Å². The van der Waals surface area contributed by atoms with Crippen molar-refractivity contribution in [2.75, 3.05) is 44.5 Å². The van der Waals surface area contributed by atoms with Gasteiger partial charge in [0.2, 0.25) is 5.91 Å². The van der Waals surface area contributed by atoms with E-state index in [9.17, 15) is 18.5 Å². The molecule has 1 unspecified atom stereocenters. The molecule has 1 amide bonds. The molecule has 1 aromatic heterocycles. The highest BCUT2D eigenvalue weighted by Gasteiger charge is 2.34. The van der Waals surface area contributed by atoms with Crippen molar-refractivity contribution in [3.05, 3.63) is 41.1 Å². The number of nitrogens with zero attached hydrogens (tertiary/aromatic N) is 4. The van der Waals surface area contributed by atoms with Crippen LogP contribution in [0.25, 0.3) is 11.1 Å². The number of sulfone groups is 1. The summed E-state index contributed by atoms with van der Waals surface area (Å²) in [5.41, 5.74) is 4.15. The van der Waals surface area contributed by atoms with Crippen molar-refractivity contribution in [1.82, 2.24) is 9.88 Å². The summed E-state index contributed by atoms with van der Waals surface area (Å²) in [5, 5.41) is 10.1. The summed E-state index contributed by atoms with van der Waals surface area (Å²) in [7, 11) is -1.70. The van der Waals surface area contributed by atoms with Crippen molar-refractivity contribution >= 4 is 21.6 Å². The van der Waals surface area contributed by atoms with Crippen LogP contribution in [0.5, 0.6) is 0 Å². The number of hydrogen-bond donors (Lipinski definition) is 0. The molecular weight excluding hydrogens is 464 g/mol. The SMILES string of the molecule is COCCC(=O)N1CCN(c2nc(C3CC3)c(-c3ccc(S(C)(=O)=O)cc3)c(C)c2C#N)CC1C. The molecule has 1 aliphatic heterocycles. The molecule has 1 aliphatic carbocycles. The molecule has 35 heavy (non-hydrogen) atoms. The predicted octanol–water partition coefficient (Wildman–Crippen LogP) is 3.28. The van der Waals surface area contributed by atoms with Gasteiger partial charge in [0.25, 0.3) is 0 Å². The third kappa shape index (κ3) is 5.19. The second kappa shape index (κ2) is 9.96. The Morgan fingerprint density at radius 3 is 2.46 bits per heavy atom. The molecule has 0 bridgehead atoms. The van der Waals surface area contributed by atoms with E-state index in [1.165, 1.54) is 6.26 Å². The van der Waals surface area contributed by atoms with Crippen LogP contribution in [0.2, 0.25) is 0 Å². The fraction of sp³-hybridized carbons (Fsp3) is 0.500. The van der Waals surface area contributed by atoms with Crippen molar-refractivity contribution in [3.8, 4) is 17.2 Å². The molecule has 2 aliphatic rings. The highest BCUT2D eigenvalue weighted by Crippen LogP contribution is 2.46. The standard InChI is InChI=1S/C26H32N4O4S/c1-17-16-29(12-13-30(17)23(31)11-14-34-3)26-22(15-27)18(2)24(25(28-26)20-5-6-20)19-7-9-21(10-8-19)35(4,32)33/h7-10,17,20H,5-6,11-14,16H2,1-4H3. The zero-order valence-corrected chi connectivity index (χ0v) is 21.6. The normalized spacial score (nSPS) is 18.4. The summed E-state index contributed by atoms with van der Waals surface area (Å²) in [6.45, 7) is 6.16. The second-order valence-corrected chi connectivity index (χ2v) is 11.5. The number of benzene rings is 1. The maximum absolute atomic E-state index is 12.5. The van der Waals surface area contributed by atoms with Gasteiger partial charge < -0.3 is 14.5 Å². The van der Waals surface area contributed by atoms with Gasteiger partial charge in [-0.15, -0.1) is 0 Å². The van der Waals surface area contributed by atoms with Gasteiger partial charge in [-0.25, -0.2) is 13.4 Å². The third-order valence-corrected chi connectivity index (χ3v) is 8.00. The van der Waals surface area contributed by atoms with Crippen molar-refractivity contribution < 1.29 is 17.9 Å². The first kappa shape index (κ1) is 25.1. The number of methoxy groups -OCH3 is 1. The average Bonchev–Trinajstić information content (AvgIpc) is 3.67. The summed E-state index contributed by atoms with van der Waals surface area (Å²) >= 11 is 0. The second-order valence-electron chi connectivity index (χ2n) is 9.50. The monoisotopic (exact) mass is 496 g/mol. The third-order valence-electron chi connectivity index (χ3n) is 6.87. The molecule has 1 aromatic carbocycles. The van der Waals surface area contributed by atoms with Crippen molar-refractivity contribution in [2.24, 2.45) is 0 Å². The van der Waals surface area contributed by atoms with Crippen LogP contribution >= 0.6 is 0 Å². The van der Waals surface area contributed by atoms with Gasteiger partial charge in [0.15, 0.2) is 9.84 Å². The number of piperazine rings is 1. The van der Waals surface area contributed by atoms with Crippen molar-refractivity contribution in [2.45, 2.75) is 50.0 Å². The van der Waals surface area contributed by atoms with E-state index in [-0.39, 0.29) is 16.8 Å². The van der Waals surface area contributed by atoms with E-state index in [0.29, 0.717) is 50.0 Å². The maximum atomic E-state index is 12.5. The molecule has 2 aromatic rings. The molecule has 0 radical (unpaired) electrons. The lowest BCUT2D eigenvalue weighted by atomic mass is 9.93. The highest BCUT2D eigenvalue weighted by molar-refractivity contribution is 7.90. The van der Waals surface area contributed by atoms with Gasteiger partial charge >= 0.3 is 0 Å². The number of amides is 1. The Balaban J connectivity index is 1.69. The highest BCUT2D eigenvalue weighted by atomic mass is 32.2. The number of pyridine rings is 1. The van der Waals surface area contributed by atoms with Crippen LogP contribution in [0.3, 0.4) is 0 Å². The first-order chi connectivity index (χ1) is 16.7. The number of nitriles is 1. The molecule has 4 rings (SSSR count). The van der Waals surface area contributed by atoms with Gasteiger partial charge in [0.1, 0.15) is 11.9 Å². The molecule has 8 nitrogen and oxygen atoms in total.